The highest BCUT2D eigenvalue weighted by Crippen LogP contribution is 2.36. The van der Waals surface area contributed by atoms with E-state index in [4.69, 9.17) is 19.5 Å². The molecular formula is C27H36N10O2. The summed E-state index contributed by atoms with van der Waals surface area (Å²) in [6.45, 7) is 7.43. The predicted molar refractivity (Wildman–Crippen MR) is 147 cm³/mol. The van der Waals surface area contributed by atoms with Crippen LogP contribution in [0.2, 0.25) is 0 Å². The van der Waals surface area contributed by atoms with Crippen molar-refractivity contribution in [2.24, 2.45) is 17.8 Å². The van der Waals surface area contributed by atoms with Crippen LogP contribution < -0.4 is 16.4 Å². The Morgan fingerprint density at radius 2 is 1.82 bits per heavy atom. The third kappa shape index (κ3) is 5.37. The minimum Gasteiger partial charge on any atom is -0.365 e. The fraction of sp³-hybridized carbons (Fsp3) is 0.593. The molecule has 1 unspecified atom stereocenters. The molecular weight excluding hydrogens is 496 g/mol. The van der Waals surface area contributed by atoms with Crippen LogP contribution in [0.15, 0.2) is 28.0 Å². The van der Waals surface area contributed by atoms with Crippen LogP contribution in [0.4, 0.5) is 11.8 Å². The second-order valence-corrected chi connectivity index (χ2v) is 11.3. The van der Waals surface area contributed by atoms with Gasteiger partial charge in [0.1, 0.15) is 11.8 Å². The number of H-pyrrole nitrogens is 1. The van der Waals surface area contributed by atoms with Crippen molar-refractivity contribution in [3.05, 3.63) is 34.8 Å². The van der Waals surface area contributed by atoms with Crippen LogP contribution in [0.1, 0.15) is 77.3 Å². The van der Waals surface area contributed by atoms with Crippen molar-refractivity contribution in [2.45, 2.75) is 84.3 Å². The van der Waals surface area contributed by atoms with Crippen molar-refractivity contribution in [1.29, 1.82) is 0 Å². The summed E-state index contributed by atoms with van der Waals surface area (Å²) in [6, 6.07) is 0.162. The second kappa shape index (κ2) is 10.7. The van der Waals surface area contributed by atoms with Gasteiger partial charge in [0.05, 0.1) is 6.04 Å². The third-order valence-electron chi connectivity index (χ3n) is 8.48. The zero-order valence-corrected chi connectivity index (χ0v) is 22.7. The number of imidazole rings is 1. The molecule has 206 valence electrons. The quantitative estimate of drug-likeness (QED) is 0.280. The lowest BCUT2D eigenvalue weighted by Gasteiger charge is -2.32. The molecule has 0 aromatic carbocycles. The Morgan fingerprint density at radius 1 is 1.05 bits per heavy atom. The summed E-state index contributed by atoms with van der Waals surface area (Å²) >= 11 is 0. The summed E-state index contributed by atoms with van der Waals surface area (Å²) in [5.41, 5.74) is 2.36. The van der Waals surface area contributed by atoms with E-state index < -0.39 is 5.76 Å². The van der Waals surface area contributed by atoms with E-state index in [1.165, 1.54) is 51.3 Å². The average molecular weight is 533 g/mol. The van der Waals surface area contributed by atoms with Gasteiger partial charge in [-0.05, 0) is 57.3 Å². The third-order valence-corrected chi connectivity index (χ3v) is 8.48. The zero-order valence-electron chi connectivity index (χ0n) is 22.7. The largest absolute Gasteiger partial charge is 0.439 e. The summed E-state index contributed by atoms with van der Waals surface area (Å²) in [5, 5.41) is 11.1. The Kier molecular flexibility index (Phi) is 7.01. The molecule has 4 heterocycles. The number of aromatic nitrogens is 8. The normalized spacial score (nSPS) is 21.4. The molecule has 2 aliphatic rings. The summed E-state index contributed by atoms with van der Waals surface area (Å²) in [7, 11) is 0. The Hall–Kier alpha value is -3.83. The van der Waals surface area contributed by atoms with E-state index in [9.17, 15) is 4.79 Å². The average Bonchev–Trinajstić information content (AvgIpc) is 3.48. The molecule has 4 aromatic rings. The van der Waals surface area contributed by atoms with Gasteiger partial charge in [-0.1, -0.05) is 31.3 Å². The van der Waals surface area contributed by atoms with Crippen molar-refractivity contribution in [3.63, 3.8) is 0 Å². The SMILES string of the molecule is CC(Nc1nc2nc(-c3noc(=O)[nH]3)nc(N[C@H](C)C3CCC3)c2n1C[C@H]1CC[C@H](C)CC1)c1cncnc1. The summed E-state index contributed by atoms with van der Waals surface area (Å²) in [4.78, 5) is 37.2. The first-order chi connectivity index (χ1) is 18.9. The first kappa shape index (κ1) is 25.4. The van der Waals surface area contributed by atoms with E-state index in [-0.39, 0.29) is 23.7 Å². The predicted octanol–water partition coefficient (Wildman–Crippen LogP) is 4.56. The van der Waals surface area contributed by atoms with Crippen LogP contribution in [0.3, 0.4) is 0 Å². The van der Waals surface area contributed by atoms with E-state index in [2.05, 4.69) is 56.1 Å². The van der Waals surface area contributed by atoms with Crippen molar-refractivity contribution < 1.29 is 4.52 Å². The number of hydrogen-bond acceptors (Lipinski definition) is 10. The van der Waals surface area contributed by atoms with Gasteiger partial charge in [0.25, 0.3) is 0 Å². The van der Waals surface area contributed by atoms with Gasteiger partial charge in [-0.25, -0.2) is 24.7 Å². The summed E-state index contributed by atoms with van der Waals surface area (Å²) in [6.07, 6.45) is 13.7. The Bertz CT molecular complexity index is 1470. The van der Waals surface area contributed by atoms with Crippen LogP contribution in [0, 0.1) is 17.8 Å². The molecule has 2 saturated carbocycles. The molecule has 2 aliphatic carbocycles. The molecule has 2 atom stereocenters. The van der Waals surface area contributed by atoms with E-state index in [0.29, 0.717) is 23.3 Å². The maximum atomic E-state index is 11.7. The molecule has 0 bridgehead atoms. The summed E-state index contributed by atoms with van der Waals surface area (Å²) < 4.78 is 6.98. The Balaban J connectivity index is 1.45. The molecule has 0 amide bonds. The smallest absolute Gasteiger partial charge is 0.365 e. The maximum Gasteiger partial charge on any atom is 0.439 e. The molecule has 0 spiro atoms. The molecule has 12 nitrogen and oxygen atoms in total. The highest BCUT2D eigenvalue weighted by Gasteiger charge is 2.29. The van der Waals surface area contributed by atoms with Crippen LogP contribution >= 0.6 is 0 Å². The first-order valence-corrected chi connectivity index (χ1v) is 14.1. The summed E-state index contributed by atoms with van der Waals surface area (Å²) in [5.74, 6) is 3.12. The topological polar surface area (TPSA) is 152 Å². The highest BCUT2D eigenvalue weighted by atomic mass is 16.5. The lowest BCUT2D eigenvalue weighted by Crippen LogP contribution is -2.31. The van der Waals surface area contributed by atoms with E-state index in [0.717, 1.165) is 29.5 Å². The van der Waals surface area contributed by atoms with Crippen LogP contribution in [0.5, 0.6) is 0 Å². The lowest BCUT2D eigenvalue weighted by molar-refractivity contribution is 0.267. The van der Waals surface area contributed by atoms with Gasteiger partial charge in [-0.15, -0.1) is 0 Å². The van der Waals surface area contributed by atoms with Crippen molar-refractivity contribution in [3.8, 4) is 11.6 Å². The van der Waals surface area contributed by atoms with Crippen molar-refractivity contribution >= 4 is 22.9 Å². The molecule has 2 fully saturated rings. The van der Waals surface area contributed by atoms with E-state index >= 15 is 0 Å². The maximum absolute atomic E-state index is 11.7. The van der Waals surface area contributed by atoms with Gasteiger partial charge in [0.2, 0.25) is 17.6 Å². The molecule has 4 aromatic heterocycles. The van der Waals surface area contributed by atoms with Gasteiger partial charge in [0, 0.05) is 30.5 Å². The highest BCUT2D eigenvalue weighted by molar-refractivity contribution is 5.87. The standard InChI is InChI=1S/C27H36N10O2/c1-15-7-9-18(10-8-15)13-37-21-22(30-16(2)19-5-4-6-19)32-24(25-35-27(38)39-36-25)33-23(21)34-26(37)31-17(3)20-11-28-14-29-12-20/h11-12,14-19H,4-10,13H2,1-3H3,(H,35,36,38)(H2,30,31,32,33,34)/t15-,16-,17?,18-/m1/s1. The van der Waals surface area contributed by atoms with Crippen LogP contribution in [-0.4, -0.2) is 45.7 Å². The molecule has 12 heteroatoms. The Labute approximate surface area is 226 Å². The molecule has 0 aliphatic heterocycles. The van der Waals surface area contributed by atoms with E-state index in [1.807, 2.05) is 12.4 Å². The van der Waals surface area contributed by atoms with Gasteiger partial charge < -0.3 is 15.2 Å². The molecule has 3 N–H and O–H groups in total. The minimum absolute atomic E-state index is 0.0715. The monoisotopic (exact) mass is 532 g/mol. The number of hydrogen-bond donors (Lipinski definition) is 3. The van der Waals surface area contributed by atoms with Gasteiger partial charge in [0.15, 0.2) is 11.5 Å². The molecule has 39 heavy (non-hydrogen) atoms. The fourth-order valence-corrected chi connectivity index (χ4v) is 5.71. The number of rotatable bonds is 9. The fourth-order valence-electron chi connectivity index (χ4n) is 5.71. The second-order valence-electron chi connectivity index (χ2n) is 11.3. The van der Waals surface area contributed by atoms with E-state index in [1.54, 1.807) is 0 Å². The number of nitrogens with zero attached hydrogens (tertiary/aromatic N) is 7. The van der Waals surface area contributed by atoms with Crippen LogP contribution in [0.25, 0.3) is 22.8 Å². The van der Waals surface area contributed by atoms with Crippen LogP contribution in [-0.2, 0) is 6.54 Å². The molecule has 0 radical (unpaired) electrons. The first-order valence-electron chi connectivity index (χ1n) is 14.1. The number of anilines is 2. The number of fused-ring (bicyclic) bond motifs is 1. The number of nitrogens with one attached hydrogen (secondary N) is 3. The lowest BCUT2D eigenvalue weighted by atomic mass is 9.80. The van der Waals surface area contributed by atoms with Gasteiger partial charge in [-0.3, -0.25) is 9.51 Å². The van der Waals surface area contributed by atoms with Gasteiger partial charge >= 0.3 is 5.76 Å². The Morgan fingerprint density at radius 3 is 2.49 bits per heavy atom. The number of aromatic amines is 1. The zero-order chi connectivity index (χ0) is 26.9. The molecule has 6 rings (SSSR count). The van der Waals surface area contributed by atoms with Crippen molar-refractivity contribution in [1.82, 2.24) is 39.6 Å². The minimum atomic E-state index is -0.649. The van der Waals surface area contributed by atoms with Crippen molar-refractivity contribution in [2.75, 3.05) is 10.6 Å². The molecule has 0 saturated heterocycles. The van der Waals surface area contributed by atoms with Gasteiger partial charge in [-0.2, -0.15) is 4.98 Å².